The molecule has 0 radical (unpaired) electrons. The van der Waals surface area contributed by atoms with Crippen molar-refractivity contribution in [3.63, 3.8) is 0 Å². The monoisotopic (exact) mass is 306 g/mol. The van der Waals surface area contributed by atoms with Gasteiger partial charge in [0.15, 0.2) is 5.58 Å². The molecule has 0 spiro atoms. The molecular weight excluding hydrogens is 299 g/mol. The van der Waals surface area contributed by atoms with E-state index in [0.29, 0.717) is 22.7 Å². The van der Waals surface area contributed by atoms with E-state index >= 15 is 0 Å². The third kappa shape index (κ3) is 1.86. The Kier molecular flexibility index (Phi) is 2.56. The predicted molar refractivity (Wildman–Crippen MR) is 71.5 cm³/mol. The van der Waals surface area contributed by atoms with Crippen LogP contribution in [0.3, 0.4) is 0 Å². The van der Waals surface area contributed by atoms with E-state index < -0.39 is 0 Å². The Labute approximate surface area is 111 Å². The van der Waals surface area contributed by atoms with Gasteiger partial charge in [-0.1, -0.05) is 0 Å². The van der Waals surface area contributed by atoms with E-state index in [1.807, 2.05) is 6.07 Å². The van der Waals surface area contributed by atoms with E-state index in [4.69, 9.17) is 10.2 Å². The van der Waals surface area contributed by atoms with Crippen molar-refractivity contribution >= 4 is 32.7 Å². The van der Waals surface area contributed by atoms with Crippen molar-refractivity contribution in [1.82, 2.24) is 4.98 Å². The third-order valence-electron chi connectivity index (χ3n) is 2.60. The molecule has 0 atom stereocenters. The van der Waals surface area contributed by atoms with Gasteiger partial charge in [-0.05, 0) is 46.3 Å². The molecule has 90 valence electrons. The summed E-state index contributed by atoms with van der Waals surface area (Å²) in [7, 11) is 0. The minimum absolute atomic E-state index is 0.344. The van der Waals surface area contributed by atoms with Gasteiger partial charge in [-0.2, -0.15) is 0 Å². The van der Waals surface area contributed by atoms with Crippen LogP contribution in [-0.2, 0) is 0 Å². The minimum Gasteiger partial charge on any atom is -0.436 e. The Morgan fingerprint density at radius 1 is 1.17 bits per heavy atom. The lowest BCUT2D eigenvalue weighted by atomic mass is 10.2. The van der Waals surface area contributed by atoms with Crippen LogP contribution in [0.4, 0.5) is 10.1 Å². The smallest absolute Gasteiger partial charge is 0.227 e. The second kappa shape index (κ2) is 4.10. The quantitative estimate of drug-likeness (QED) is 0.692. The summed E-state index contributed by atoms with van der Waals surface area (Å²) >= 11 is 3.34. The van der Waals surface area contributed by atoms with Gasteiger partial charge in [-0.25, -0.2) is 9.37 Å². The molecule has 0 bridgehead atoms. The van der Waals surface area contributed by atoms with Gasteiger partial charge in [0.2, 0.25) is 5.89 Å². The highest BCUT2D eigenvalue weighted by molar-refractivity contribution is 9.10. The molecule has 0 amide bonds. The van der Waals surface area contributed by atoms with E-state index in [-0.39, 0.29) is 5.82 Å². The number of nitrogens with two attached hydrogens (primary N) is 1. The second-order valence-electron chi connectivity index (χ2n) is 3.87. The molecule has 0 aliphatic rings. The van der Waals surface area contributed by atoms with Crippen LogP contribution in [0, 0.1) is 5.82 Å². The SMILES string of the molecule is Nc1ccc(-c2nc3ccc(F)cc3o2)cc1Br. The van der Waals surface area contributed by atoms with Gasteiger partial charge < -0.3 is 10.2 Å². The van der Waals surface area contributed by atoms with E-state index in [9.17, 15) is 4.39 Å². The Balaban J connectivity index is 2.16. The fourth-order valence-electron chi connectivity index (χ4n) is 1.68. The van der Waals surface area contributed by atoms with Crippen molar-refractivity contribution in [3.05, 3.63) is 46.7 Å². The highest BCUT2D eigenvalue weighted by atomic mass is 79.9. The lowest BCUT2D eigenvalue weighted by Crippen LogP contribution is -1.86. The molecule has 0 unspecified atom stereocenters. The largest absolute Gasteiger partial charge is 0.436 e. The summed E-state index contributed by atoms with van der Waals surface area (Å²) < 4.78 is 19.3. The van der Waals surface area contributed by atoms with Crippen molar-refractivity contribution in [1.29, 1.82) is 0 Å². The average molecular weight is 307 g/mol. The molecule has 0 saturated heterocycles. The van der Waals surface area contributed by atoms with E-state index in [1.54, 1.807) is 18.2 Å². The number of nitrogen functional groups attached to an aromatic ring is 1. The first-order valence-corrected chi connectivity index (χ1v) is 6.04. The normalized spacial score (nSPS) is 11.0. The highest BCUT2D eigenvalue weighted by Crippen LogP contribution is 2.29. The zero-order valence-electron chi connectivity index (χ0n) is 9.15. The molecular formula is C13H8BrFN2O. The molecule has 1 aromatic heterocycles. The molecule has 5 heteroatoms. The molecule has 3 rings (SSSR count). The average Bonchev–Trinajstić information content (AvgIpc) is 2.75. The molecule has 0 aliphatic heterocycles. The van der Waals surface area contributed by atoms with Crippen LogP contribution in [0.15, 0.2) is 45.3 Å². The fourth-order valence-corrected chi connectivity index (χ4v) is 2.06. The molecule has 18 heavy (non-hydrogen) atoms. The molecule has 1 heterocycles. The lowest BCUT2D eigenvalue weighted by Gasteiger charge is -1.99. The maximum Gasteiger partial charge on any atom is 0.227 e. The molecule has 3 aromatic rings. The molecule has 0 aliphatic carbocycles. The van der Waals surface area contributed by atoms with Crippen LogP contribution in [0.5, 0.6) is 0 Å². The number of hydrogen-bond acceptors (Lipinski definition) is 3. The summed E-state index contributed by atoms with van der Waals surface area (Å²) in [6.45, 7) is 0. The van der Waals surface area contributed by atoms with Crippen LogP contribution in [0.1, 0.15) is 0 Å². The Morgan fingerprint density at radius 2 is 2.00 bits per heavy atom. The Hall–Kier alpha value is -1.88. The van der Waals surface area contributed by atoms with Crippen LogP contribution in [0.2, 0.25) is 0 Å². The number of nitrogens with zero attached hydrogens (tertiary/aromatic N) is 1. The first-order valence-electron chi connectivity index (χ1n) is 5.25. The molecule has 3 nitrogen and oxygen atoms in total. The minimum atomic E-state index is -0.344. The Bertz CT molecular complexity index is 739. The first-order chi connectivity index (χ1) is 8.63. The van der Waals surface area contributed by atoms with E-state index in [2.05, 4.69) is 20.9 Å². The topological polar surface area (TPSA) is 52.0 Å². The van der Waals surface area contributed by atoms with Crippen molar-refractivity contribution < 1.29 is 8.81 Å². The van der Waals surface area contributed by atoms with Crippen molar-refractivity contribution in [2.24, 2.45) is 0 Å². The van der Waals surface area contributed by atoms with Crippen LogP contribution in [-0.4, -0.2) is 4.98 Å². The van der Waals surface area contributed by atoms with Gasteiger partial charge in [0, 0.05) is 21.8 Å². The van der Waals surface area contributed by atoms with Gasteiger partial charge in [0.25, 0.3) is 0 Å². The number of anilines is 1. The van der Waals surface area contributed by atoms with Crippen LogP contribution in [0.25, 0.3) is 22.6 Å². The summed E-state index contributed by atoms with van der Waals surface area (Å²) in [6, 6.07) is 9.64. The Morgan fingerprint density at radius 3 is 2.78 bits per heavy atom. The molecule has 2 aromatic carbocycles. The second-order valence-corrected chi connectivity index (χ2v) is 4.72. The predicted octanol–water partition coefficient (Wildman–Crippen LogP) is 3.98. The number of rotatable bonds is 1. The summed E-state index contributed by atoms with van der Waals surface area (Å²) in [5.74, 6) is 0.0972. The van der Waals surface area contributed by atoms with Crippen molar-refractivity contribution in [2.75, 3.05) is 5.73 Å². The number of hydrogen-bond donors (Lipinski definition) is 1. The van der Waals surface area contributed by atoms with E-state index in [1.165, 1.54) is 12.1 Å². The molecule has 0 fully saturated rings. The summed E-state index contributed by atoms with van der Waals surface area (Å²) in [5.41, 5.74) is 8.19. The molecule has 2 N–H and O–H groups in total. The third-order valence-corrected chi connectivity index (χ3v) is 3.28. The summed E-state index contributed by atoms with van der Waals surface area (Å²) in [6.07, 6.45) is 0. The number of fused-ring (bicyclic) bond motifs is 1. The van der Waals surface area contributed by atoms with E-state index in [0.717, 1.165) is 10.0 Å². The van der Waals surface area contributed by atoms with Gasteiger partial charge in [0.05, 0.1) is 0 Å². The number of benzene rings is 2. The highest BCUT2D eigenvalue weighted by Gasteiger charge is 2.10. The zero-order chi connectivity index (χ0) is 12.7. The van der Waals surface area contributed by atoms with Gasteiger partial charge in [-0.3, -0.25) is 0 Å². The lowest BCUT2D eigenvalue weighted by molar-refractivity contribution is 0.602. The summed E-state index contributed by atoms with van der Waals surface area (Å²) in [5, 5.41) is 0. The van der Waals surface area contributed by atoms with Crippen molar-refractivity contribution in [2.45, 2.75) is 0 Å². The maximum atomic E-state index is 13.1. The number of oxazole rings is 1. The standard InChI is InChI=1S/C13H8BrFN2O/c14-9-5-7(1-3-10(9)16)13-17-11-4-2-8(15)6-12(11)18-13/h1-6H,16H2. The first kappa shape index (κ1) is 11.2. The fraction of sp³-hybridized carbons (Fsp3) is 0. The maximum absolute atomic E-state index is 13.1. The summed E-state index contributed by atoms with van der Waals surface area (Å²) in [4.78, 5) is 4.30. The van der Waals surface area contributed by atoms with Gasteiger partial charge in [-0.15, -0.1) is 0 Å². The van der Waals surface area contributed by atoms with Crippen LogP contribution >= 0.6 is 15.9 Å². The van der Waals surface area contributed by atoms with Crippen LogP contribution < -0.4 is 5.73 Å². The van der Waals surface area contributed by atoms with Gasteiger partial charge in [0.1, 0.15) is 11.3 Å². The van der Waals surface area contributed by atoms with Gasteiger partial charge >= 0.3 is 0 Å². The zero-order valence-corrected chi connectivity index (χ0v) is 10.7. The van der Waals surface area contributed by atoms with Crippen molar-refractivity contribution in [3.8, 4) is 11.5 Å². The molecule has 0 saturated carbocycles. The number of halogens is 2. The number of aromatic nitrogens is 1.